The van der Waals surface area contributed by atoms with Crippen LogP contribution in [0.25, 0.3) is 16.1 Å². The largest absolute Gasteiger partial charge is 0.383 e. The Morgan fingerprint density at radius 1 is 1.50 bits per heavy atom. The summed E-state index contributed by atoms with van der Waals surface area (Å²) in [4.78, 5) is 6.04. The first-order valence-electron chi connectivity index (χ1n) is 7.95. The number of nitrogen functional groups attached to an aromatic ring is 1. The quantitative estimate of drug-likeness (QED) is 0.653. The average Bonchev–Trinajstić information content (AvgIpc) is 3.27. The van der Waals surface area contributed by atoms with Crippen LogP contribution >= 0.6 is 27.3 Å². The van der Waals surface area contributed by atoms with Gasteiger partial charge in [0.1, 0.15) is 5.82 Å². The summed E-state index contributed by atoms with van der Waals surface area (Å²) in [5.41, 5.74) is 9.05. The standard InChI is InChI=1S/C16H15BBrN5S/c18-13-14(10-3-1-5-17(7-10)9-19)22-16-11(12-4-2-6-24-12)8-21-23(16)15(13)20/h2,4,6,8,10H,1,3,5,7,20H2. The molecule has 3 aromatic rings. The lowest BCUT2D eigenvalue weighted by atomic mass is 9.41. The molecule has 0 spiro atoms. The molecule has 0 amide bonds. The highest BCUT2D eigenvalue weighted by Crippen LogP contribution is 2.39. The van der Waals surface area contributed by atoms with Gasteiger partial charge in [0.25, 0.3) is 6.71 Å². The molecule has 5 nitrogen and oxygen atoms in total. The fourth-order valence-electron chi connectivity index (χ4n) is 3.44. The molecular formula is C16H15BBrN5S. The Balaban J connectivity index is 1.85. The zero-order chi connectivity index (χ0) is 16.7. The van der Waals surface area contributed by atoms with Crippen LogP contribution in [0.3, 0.4) is 0 Å². The maximum absolute atomic E-state index is 9.27. The first-order chi connectivity index (χ1) is 11.7. The smallest absolute Gasteiger partial charge is 0.268 e. The number of anilines is 1. The number of nitrogens with zero attached hydrogens (tertiary/aromatic N) is 4. The maximum atomic E-state index is 9.27. The van der Waals surface area contributed by atoms with Gasteiger partial charge in [0.2, 0.25) is 0 Å². The third kappa shape index (κ3) is 2.52. The van der Waals surface area contributed by atoms with Crippen LogP contribution in [-0.2, 0) is 0 Å². The van der Waals surface area contributed by atoms with E-state index in [0.717, 1.165) is 51.7 Å². The number of fused-ring (bicyclic) bond motifs is 1. The summed E-state index contributed by atoms with van der Waals surface area (Å²) in [5.74, 6) is 3.24. The minimum absolute atomic E-state index is 0.108. The van der Waals surface area contributed by atoms with Gasteiger partial charge in [0.15, 0.2) is 5.65 Å². The van der Waals surface area contributed by atoms with Crippen molar-refractivity contribution in [2.45, 2.75) is 31.4 Å². The number of halogens is 1. The molecule has 0 saturated carbocycles. The van der Waals surface area contributed by atoms with E-state index in [-0.39, 0.29) is 12.6 Å². The predicted octanol–water partition coefficient (Wildman–Crippen LogP) is 4.24. The lowest BCUT2D eigenvalue weighted by Gasteiger charge is -2.24. The van der Waals surface area contributed by atoms with E-state index >= 15 is 0 Å². The molecule has 1 unspecified atom stereocenters. The van der Waals surface area contributed by atoms with Crippen molar-refractivity contribution in [3.63, 3.8) is 0 Å². The summed E-state index contributed by atoms with van der Waals surface area (Å²) in [5, 5.41) is 15.7. The number of thiophene rings is 1. The third-order valence-corrected chi connectivity index (χ3v) is 6.39. The molecule has 120 valence electrons. The van der Waals surface area contributed by atoms with E-state index in [1.807, 2.05) is 17.6 Å². The first-order valence-corrected chi connectivity index (χ1v) is 9.62. The van der Waals surface area contributed by atoms with Crippen molar-refractivity contribution in [3.05, 3.63) is 33.9 Å². The molecule has 3 aromatic heterocycles. The summed E-state index contributed by atoms with van der Waals surface area (Å²) in [6, 6.07) is 4.08. The highest BCUT2D eigenvalue weighted by molar-refractivity contribution is 9.10. The average molecular weight is 400 g/mol. The minimum Gasteiger partial charge on any atom is -0.383 e. The van der Waals surface area contributed by atoms with E-state index < -0.39 is 0 Å². The van der Waals surface area contributed by atoms with Crippen LogP contribution in [0, 0.1) is 11.2 Å². The molecule has 4 heterocycles. The molecule has 1 atom stereocenters. The van der Waals surface area contributed by atoms with Crippen molar-refractivity contribution >= 4 is 45.4 Å². The molecule has 8 heteroatoms. The Bertz CT molecular complexity index is 930. The second kappa shape index (κ2) is 6.23. The van der Waals surface area contributed by atoms with E-state index in [1.54, 1.807) is 15.9 Å². The number of hydrogen-bond donors (Lipinski definition) is 1. The SMILES string of the molecule is N#CB1CCCC(c2nc3c(-c4cccs4)cnn3c(N)c2Br)C1. The minimum atomic E-state index is 0.108. The van der Waals surface area contributed by atoms with Gasteiger partial charge in [-0.15, -0.1) is 11.3 Å². The van der Waals surface area contributed by atoms with Crippen molar-refractivity contribution in [3.8, 4) is 16.4 Å². The molecule has 4 rings (SSSR count). The number of nitrogens with two attached hydrogens (primary N) is 1. The number of aromatic nitrogens is 3. The van der Waals surface area contributed by atoms with Crippen molar-refractivity contribution in [2.75, 3.05) is 5.73 Å². The Morgan fingerprint density at radius 3 is 3.12 bits per heavy atom. The number of hydrogen-bond acceptors (Lipinski definition) is 5. The molecule has 0 aromatic carbocycles. The Hall–Kier alpha value is -1.85. The van der Waals surface area contributed by atoms with Gasteiger partial charge in [-0.1, -0.05) is 25.1 Å². The summed E-state index contributed by atoms with van der Waals surface area (Å²) in [7, 11) is 0. The summed E-state index contributed by atoms with van der Waals surface area (Å²) >= 11 is 5.27. The number of rotatable bonds is 2. The van der Waals surface area contributed by atoms with Gasteiger partial charge in [-0.2, -0.15) is 9.61 Å². The van der Waals surface area contributed by atoms with Gasteiger partial charge in [0.05, 0.1) is 21.9 Å². The lowest BCUT2D eigenvalue weighted by molar-refractivity contribution is 0.612. The Labute approximate surface area is 152 Å². The Morgan fingerprint density at radius 2 is 2.38 bits per heavy atom. The molecule has 0 bridgehead atoms. The van der Waals surface area contributed by atoms with Crippen LogP contribution < -0.4 is 5.73 Å². The van der Waals surface area contributed by atoms with E-state index in [1.165, 1.54) is 0 Å². The van der Waals surface area contributed by atoms with Crippen LogP contribution in [0.1, 0.15) is 24.5 Å². The summed E-state index contributed by atoms with van der Waals surface area (Å²) < 4.78 is 2.49. The van der Waals surface area contributed by atoms with E-state index in [2.05, 4.69) is 33.1 Å². The molecule has 0 aliphatic carbocycles. The summed E-state index contributed by atoms with van der Waals surface area (Å²) in [6.07, 6.45) is 5.75. The normalized spacial score (nSPS) is 18.0. The van der Waals surface area contributed by atoms with Crippen LogP contribution in [0.5, 0.6) is 0 Å². The fraction of sp³-hybridized carbons (Fsp3) is 0.312. The second-order valence-corrected chi connectivity index (χ2v) is 7.90. The topological polar surface area (TPSA) is 80.0 Å². The highest BCUT2D eigenvalue weighted by Gasteiger charge is 2.30. The Kier molecular flexibility index (Phi) is 4.06. The predicted molar refractivity (Wildman–Crippen MR) is 101 cm³/mol. The molecule has 24 heavy (non-hydrogen) atoms. The van der Waals surface area contributed by atoms with E-state index in [9.17, 15) is 5.26 Å². The molecule has 1 saturated heterocycles. The fourth-order valence-corrected chi connectivity index (χ4v) is 4.76. The zero-order valence-corrected chi connectivity index (χ0v) is 15.3. The molecule has 1 fully saturated rings. The third-order valence-electron chi connectivity index (χ3n) is 4.68. The molecule has 2 N–H and O–H groups in total. The molecule has 1 aliphatic heterocycles. The van der Waals surface area contributed by atoms with Gasteiger partial charge in [-0.05, 0) is 39.7 Å². The van der Waals surface area contributed by atoms with Crippen LogP contribution in [-0.4, -0.2) is 21.3 Å². The second-order valence-electron chi connectivity index (χ2n) is 6.16. The van der Waals surface area contributed by atoms with E-state index in [0.29, 0.717) is 5.82 Å². The van der Waals surface area contributed by atoms with Crippen molar-refractivity contribution in [2.24, 2.45) is 0 Å². The zero-order valence-electron chi connectivity index (χ0n) is 12.9. The van der Waals surface area contributed by atoms with Crippen molar-refractivity contribution in [1.82, 2.24) is 14.6 Å². The molecule has 0 radical (unpaired) electrons. The maximum Gasteiger partial charge on any atom is 0.268 e. The number of nitriles is 1. The van der Waals surface area contributed by atoms with Gasteiger partial charge in [0, 0.05) is 10.8 Å². The van der Waals surface area contributed by atoms with E-state index in [4.69, 9.17) is 10.7 Å². The van der Waals surface area contributed by atoms with Crippen LogP contribution in [0.2, 0.25) is 12.6 Å². The van der Waals surface area contributed by atoms with Crippen molar-refractivity contribution in [1.29, 1.82) is 5.26 Å². The van der Waals surface area contributed by atoms with Gasteiger partial charge in [-0.3, -0.25) is 0 Å². The van der Waals surface area contributed by atoms with Gasteiger partial charge >= 0.3 is 0 Å². The molecular weight excluding hydrogens is 385 g/mol. The monoisotopic (exact) mass is 399 g/mol. The van der Waals surface area contributed by atoms with Gasteiger partial charge in [-0.25, -0.2) is 10.2 Å². The van der Waals surface area contributed by atoms with Crippen LogP contribution in [0.4, 0.5) is 5.82 Å². The first kappa shape index (κ1) is 15.7. The van der Waals surface area contributed by atoms with Crippen molar-refractivity contribution < 1.29 is 0 Å². The summed E-state index contributed by atoms with van der Waals surface area (Å²) in [6.45, 7) is 0.108. The molecule has 1 aliphatic rings. The van der Waals surface area contributed by atoms with Gasteiger partial charge < -0.3 is 5.73 Å². The van der Waals surface area contributed by atoms with Crippen LogP contribution in [0.15, 0.2) is 28.2 Å². The highest BCUT2D eigenvalue weighted by atomic mass is 79.9. The lowest BCUT2D eigenvalue weighted by Crippen LogP contribution is -2.21.